The van der Waals surface area contributed by atoms with E-state index in [1.807, 2.05) is 14.1 Å². The number of unbranched alkanes of at least 4 members (excludes halogenated alkanes) is 1. The molecule has 1 aliphatic rings. The number of aryl methyl sites for hydroxylation is 2. The number of Topliss-reactive ketones (excluding diaryl/α,β-unsaturated/α-hetero) is 1. The number of rotatable bonds is 11. The minimum atomic E-state index is -0.957. The van der Waals surface area contributed by atoms with Gasteiger partial charge in [-0.25, -0.2) is 15.0 Å². The van der Waals surface area contributed by atoms with Crippen molar-refractivity contribution in [2.45, 2.75) is 57.3 Å². The lowest BCUT2D eigenvalue weighted by atomic mass is 9.94. The number of hydrogen-bond donors (Lipinski definition) is 2. The van der Waals surface area contributed by atoms with Crippen LogP contribution >= 0.6 is 0 Å². The van der Waals surface area contributed by atoms with Crippen LogP contribution in [-0.2, 0) is 22.4 Å². The van der Waals surface area contributed by atoms with Crippen molar-refractivity contribution in [1.29, 1.82) is 0 Å². The van der Waals surface area contributed by atoms with Crippen LogP contribution in [0.2, 0.25) is 0 Å². The van der Waals surface area contributed by atoms with Crippen LogP contribution in [0.15, 0.2) is 24.5 Å². The number of aromatic nitrogens is 3. The Hall–Kier alpha value is -3.03. The summed E-state index contributed by atoms with van der Waals surface area (Å²) in [5.41, 5.74) is 2.85. The summed E-state index contributed by atoms with van der Waals surface area (Å²) in [6.45, 7) is 0.973. The highest BCUT2D eigenvalue weighted by Gasteiger charge is 2.22. The van der Waals surface area contributed by atoms with Crippen LogP contribution in [0.3, 0.4) is 0 Å². The van der Waals surface area contributed by atoms with Crippen LogP contribution in [-0.4, -0.2) is 52.5 Å². The molecule has 2 aromatic heterocycles. The number of aliphatic carboxylic acids is 1. The normalized spacial score (nSPS) is 13.7. The summed E-state index contributed by atoms with van der Waals surface area (Å²) >= 11 is 0. The summed E-state index contributed by atoms with van der Waals surface area (Å²) in [5, 5.41) is 12.9. The number of carboxylic acids is 1. The molecule has 0 radical (unpaired) electrons. The molecular formula is C23H31N5O3. The van der Waals surface area contributed by atoms with Gasteiger partial charge in [0.25, 0.3) is 0 Å². The van der Waals surface area contributed by atoms with Crippen molar-refractivity contribution in [2.24, 2.45) is 0 Å². The standard InChI is InChI=1S/C23H31N5O3/c1-28(2)23-25-14-17(15-26-23)20(22(30)31)12-11-19(29)8-4-3-7-18-10-9-16-6-5-13-24-21(16)27-18/h9-10,14-15,20H,3-8,11-13H2,1-2H3,(H,24,27)(H,30,31)/t20-/m1/s1. The van der Waals surface area contributed by atoms with Crippen LogP contribution in [0.4, 0.5) is 11.8 Å². The molecule has 0 bridgehead atoms. The third-order valence-electron chi connectivity index (χ3n) is 5.56. The third kappa shape index (κ3) is 6.47. The molecule has 0 saturated heterocycles. The predicted octanol–water partition coefficient (Wildman–Crippen LogP) is 3.23. The molecule has 0 fully saturated rings. The van der Waals surface area contributed by atoms with Crippen molar-refractivity contribution in [3.05, 3.63) is 41.3 Å². The van der Waals surface area contributed by atoms with E-state index in [0.29, 0.717) is 17.9 Å². The lowest BCUT2D eigenvalue weighted by Gasteiger charge is -2.17. The fraction of sp³-hybridized carbons (Fsp3) is 0.522. The first-order valence-corrected chi connectivity index (χ1v) is 10.9. The Bertz CT molecular complexity index is 899. The minimum Gasteiger partial charge on any atom is -0.481 e. The first-order chi connectivity index (χ1) is 14.9. The second-order valence-corrected chi connectivity index (χ2v) is 8.23. The minimum absolute atomic E-state index is 0.0946. The van der Waals surface area contributed by atoms with E-state index in [9.17, 15) is 14.7 Å². The Morgan fingerprint density at radius 1 is 1.16 bits per heavy atom. The van der Waals surface area contributed by atoms with Crippen molar-refractivity contribution in [3.63, 3.8) is 0 Å². The Kier molecular flexibility index (Phi) is 7.92. The average Bonchev–Trinajstić information content (AvgIpc) is 2.77. The molecule has 0 spiro atoms. The third-order valence-corrected chi connectivity index (χ3v) is 5.56. The SMILES string of the molecule is CN(C)c1ncc([C@@H](CCC(=O)CCCCc2ccc3c(n2)NCCC3)C(=O)O)cn1. The van der Waals surface area contributed by atoms with E-state index < -0.39 is 11.9 Å². The zero-order valence-electron chi connectivity index (χ0n) is 18.3. The quantitative estimate of drug-likeness (QED) is 0.528. The molecule has 166 valence electrons. The van der Waals surface area contributed by atoms with E-state index in [2.05, 4.69) is 32.4 Å². The lowest BCUT2D eigenvalue weighted by molar-refractivity contribution is -0.139. The smallest absolute Gasteiger partial charge is 0.311 e. The van der Waals surface area contributed by atoms with E-state index in [0.717, 1.165) is 50.2 Å². The van der Waals surface area contributed by atoms with Crippen LogP contribution in [0, 0.1) is 0 Å². The fourth-order valence-corrected chi connectivity index (χ4v) is 3.74. The Morgan fingerprint density at radius 3 is 2.65 bits per heavy atom. The Morgan fingerprint density at radius 2 is 1.94 bits per heavy atom. The first kappa shape index (κ1) is 22.7. The molecule has 0 aliphatic carbocycles. The van der Waals surface area contributed by atoms with Crippen molar-refractivity contribution in [2.75, 3.05) is 30.9 Å². The maximum absolute atomic E-state index is 12.3. The van der Waals surface area contributed by atoms with E-state index in [4.69, 9.17) is 0 Å². The number of pyridine rings is 1. The monoisotopic (exact) mass is 425 g/mol. The van der Waals surface area contributed by atoms with Gasteiger partial charge >= 0.3 is 5.97 Å². The summed E-state index contributed by atoms with van der Waals surface area (Å²) in [4.78, 5) is 38.7. The molecule has 0 aromatic carbocycles. The summed E-state index contributed by atoms with van der Waals surface area (Å²) in [7, 11) is 3.64. The molecule has 31 heavy (non-hydrogen) atoms. The van der Waals surface area contributed by atoms with Gasteiger partial charge in [0.1, 0.15) is 11.6 Å². The fourth-order valence-electron chi connectivity index (χ4n) is 3.74. The zero-order valence-corrected chi connectivity index (χ0v) is 18.3. The highest BCUT2D eigenvalue weighted by atomic mass is 16.4. The number of carbonyl (C=O) groups excluding carboxylic acids is 1. The van der Waals surface area contributed by atoms with Gasteiger partial charge in [-0.15, -0.1) is 0 Å². The van der Waals surface area contributed by atoms with Gasteiger partial charge in [-0.05, 0) is 50.2 Å². The molecule has 8 heteroatoms. The summed E-state index contributed by atoms with van der Waals surface area (Å²) in [6, 6.07) is 4.23. The number of carbonyl (C=O) groups is 2. The van der Waals surface area contributed by atoms with Crippen LogP contribution < -0.4 is 10.2 Å². The molecule has 0 saturated carbocycles. The van der Waals surface area contributed by atoms with Gasteiger partial charge in [0.15, 0.2) is 0 Å². The lowest BCUT2D eigenvalue weighted by Crippen LogP contribution is -2.16. The number of fused-ring (bicyclic) bond motifs is 1. The number of nitrogens with zero attached hydrogens (tertiary/aromatic N) is 4. The van der Waals surface area contributed by atoms with Crippen molar-refractivity contribution >= 4 is 23.5 Å². The molecule has 2 N–H and O–H groups in total. The molecule has 3 heterocycles. The molecular weight excluding hydrogens is 394 g/mol. The predicted molar refractivity (Wildman–Crippen MR) is 120 cm³/mol. The van der Waals surface area contributed by atoms with Crippen LogP contribution in [0.1, 0.15) is 61.3 Å². The molecule has 0 unspecified atom stereocenters. The van der Waals surface area contributed by atoms with E-state index in [1.54, 1.807) is 4.90 Å². The largest absolute Gasteiger partial charge is 0.481 e. The number of anilines is 2. The zero-order chi connectivity index (χ0) is 22.2. The van der Waals surface area contributed by atoms with Gasteiger partial charge in [0.2, 0.25) is 5.95 Å². The van der Waals surface area contributed by atoms with Gasteiger partial charge in [-0.3, -0.25) is 9.59 Å². The number of carboxylic acid groups (broad SMARTS) is 1. The van der Waals surface area contributed by atoms with E-state index >= 15 is 0 Å². The maximum atomic E-state index is 12.3. The Labute approximate surface area is 183 Å². The molecule has 2 aromatic rings. The summed E-state index contributed by atoms with van der Waals surface area (Å²) in [6.07, 6.45) is 8.77. The maximum Gasteiger partial charge on any atom is 0.311 e. The van der Waals surface area contributed by atoms with Gasteiger partial charge in [-0.1, -0.05) is 6.07 Å². The van der Waals surface area contributed by atoms with Crippen LogP contribution in [0.5, 0.6) is 0 Å². The van der Waals surface area contributed by atoms with Crippen molar-refractivity contribution in [1.82, 2.24) is 15.0 Å². The molecule has 8 nitrogen and oxygen atoms in total. The van der Waals surface area contributed by atoms with Crippen molar-refractivity contribution in [3.8, 4) is 0 Å². The second-order valence-electron chi connectivity index (χ2n) is 8.23. The topological polar surface area (TPSA) is 108 Å². The average molecular weight is 426 g/mol. The van der Waals surface area contributed by atoms with Gasteiger partial charge in [-0.2, -0.15) is 0 Å². The van der Waals surface area contributed by atoms with Crippen LogP contribution in [0.25, 0.3) is 0 Å². The highest BCUT2D eigenvalue weighted by molar-refractivity contribution is 5.80. The number of ketones is 1. The molecule has 1 atom stereocenters. The number of nitrogens with one attached hydrogen (secondary N) is 1. The second kappa shape index (κ2) is 10.8. The van der Waals surface area contributed by atoms with Crippen molar-refractivity contribution < 1.29 is 14.7 Å². The van der Waals surface area contributed by atoms with E-state index in [1.165, 1.54) is 18.0 Å². The Balaban J connectivity index is 1.41. The summed E-state index contributed by atoms with van der Waals surface area (Å²) < 4.78 is 0. The number of hydrogen-bond acceptors (Lipinski definition) is 7. The molecule has 0 amide bonds. The molecule has 1 aliphatic heterocycles. The molecule has 3 rings (SSSR count). The first-order valence-electron chi connectivity index (χ1n) is 10.9. The summed E-state index contributed by atoms with van der Waals surface area (Å²) in [5.74, 6) is -0.110. The van der Waals surface area contributed by atoms with Gasteiger partial charge in [0, 0.05) is 57.1 Å². The van der Waals surface area contributed by atoms with Gasteiger partial charge in [0.05, 0.1) is 5.92 Å². The van der Waals surface area contributed by atoms with E-state index in [-0.39, 0.29) is 18.6 Å². The highest BCUT2D eigenvalue weighted by Crippen LogP contribution is 2.23. The van der Waals surface area contributed by atoms with Gasteiger partial charge < -0.3 is 15.3 Å².